The van der Waals surface area contributed by atoms with Crippen LogP contribution in [0.15, 0.2) is 53.3 Å². The third kappa shape index (κ3) is 3.78. The standard InChI is InChI=1S/C21H21N3O4/c1-4-22-19(25)13(2)28-21(27)15-9-11-16(12-10-15)24-14(3)23-18-8-6-5-7-17(18)20(24)26/h5-13H,4H2,1-3H3,(H,22,25)/t13-/m1/s1. The second-order valence-electron chi connectivity index (χ2n) is 6.31. The fraction of sp³-hybridized carbons (Fsp3) is 0.238. The van der Waals surface area contributed by atoms with Crippen LogP contribution in [0.5, 0.6) is 0 Å². The lowest BCUT2D eigenvalue weighted by atomic mass is 10.2. The van der Waals surface area contributed by atoms with Crippen LogP contribution in [0.1, 0.15) is 30.0 Å². The van der Waals surface area contributed by atoms with Crippen molar-refractivity contribution in [1.29, 1.82) is 0 Å². The van der Waals surface area contributed by atoms with E-state index in [1.165, 1.54) is 11.5 Å². The van der Waals surface area contributed by atoms with E-state index in [-0.39, 0.29) is 11.5 Å². The van der Waals surface area contributed by atoms with Crippen LogP contribution in [0.2, 0.25) is 0 Å². The number of nitrogens with zero attached hydrogens (tertiary/aromatic N) is 2. The molecule has 0 unspecified atom stereocenters. The van der Waals surface area contributed by atoms with Gasteiger partial charge >= 0.3 is 5.97 Å². The fourth-order valence-electron chi connectivity index (χ4n) is 2.89. The number of carbonyl (C=O) groups is 2. The minimum absolute atomic E-state index is 0.178. The third-order valence-electron chi connectivity index (χ3n) is 4.31. The Morgan fingerprint density at radius 3 is 2.50 bits per heavy atom. The Morgan fingerprint density at radius 1 is 1.14 bits per heavy atom. The molecule has 3 rings (SSSR count). The first kappa shape index (κ1) is 19.3. The molecule has 0 aliphatic carbocycles. The van der Waals surface area contributed by atoms with E-state index in [2.05, 4.69) is 10.3 Å². The number of carbonyl (C=O) groups excluding carboxylic acids is 2. The van der Waals surface area contributed by atoms with Gasteiger partial charge in [0.25, 0.3) is 11.5 Å². The van der Waals surface area contributed by atoms with Crippen LogP contribution in [0.4, 0.5) is 0 Å². The highest BCUT2D eigenvalue weighted by atomic mass is 16.5. The molecule has 0 saturated carbocycles. The maximum absolute atomic E-state index is 12.8. The molecule has 1 N–H and O–H groups in total. The minimum Gasteiger partial charge on any atom is -0.449 e. The molecule has 2 aromatic carbocycles. The van der Waals surface area contributed by atoms with Crippen LogP contribution >= 0.6 is 0 Å². The van der Waals surface area contributed by atoms with Crippen molar-refractivity contribution in [2.75, 3.05) is 6.54 Å². The molecular formula is C21H21N3O4. The number of rotatable bonds is 5. The number of likely N-dealkylation sites (N-methyl/N-ethyl adjacent to an activating group) is 1. The zero-order valence-corrected chi connectivity index (χ0v) is 15.9. The van der Waals surface area contributed by atoms with E-state index >= 15 is 0 Å². The molecule has 1 heterocycles. The number of para-hydroxylation sites is 1. The lowest BCUT2D eigenvalue weighted by Gasteiger charge is -2.13. The Labute approximate surface area is 162 Å². The average Bonchev–Trinajstić information content (AvgIpc) is 2.68. The molecule has 1 atom stereocenters. The maximum atomic E-state index is 12.8. The van der Waals surface area contributed by atoms with Crippen LogP contribution in [-0.2, 0) is 9.53 Å². The lowest BCUT2D eigenvalue weighted by molar-refractivity contribution is -0.128. The van der Waals surface area contributed by atoms with Crippen molar-refractivity contribution in [2.45, 2.75) is 26.9 Å². The predicted octanol–water partition coefficient (Wildman–Crippen LogP) is 2.38. The monoisotopic (exact) mass is 379 g/mol. The van der Waals surface area contributed by atoms with Gasteiger partial charge in [-0.3, -0.25) is 14.2 Å². The van der Waals surface area contributed by atoms with Crippen LogP contribution in [0.3, 0.4) is 0 Å². The van der Waals surface area contributed by atoms with Crippen molar-refractivity contribution < 1.29 is 14.3 Å². The third-order valence-corrected chi connectivity index (χ3v) is 4.31. The summed E-state index contributed by atoms with van der Waals surface area (Å²) in [6, 6.07) is 13.6. The van der Waals surface area contributed by atoms with Gasteiger partial charge in [-0.2, -0.15) is 0 Å². The summed E-state index contributed by atoms with van der Waals surface area (Å²) in [5.41, 5.74) is 1.34. The summed E-state index contributed by atoms with van der Waals surface area (Å²) in [5.74, 6) is -0.410. The van der Waals surface area contributed by atoms with Crippen molar-refractivity contribution in [1.82, 2.24) is 14.9 Å². The fourth-order valence-corrected chi connectivity index (χ4v) is 2.89. The second-order valence-corrected chi connectivity index (χ2v) is 6.31. The molecule has 0 radical (unpaired) electrons. The summed E-state index contributed by atoms with van der Waals surface area (Å²) in [4.78, 5) is 41.2. The molecule has 7 heteroatoms. The molecule has 0 fully saturated rings. The van der Waals surface area contributed by atoms with Gasteiger partial charge in [0.15, 0.2) is 6.10 Å². The Morgan fingerprint density at radius 2 is 1.82 bits per heavy atom. The number of hydrogen-bond donors (Lipinski definition) is 1. The van der Waals surface area contributed by atoms with Gasteiger partial charge in [0.2, 0.25) is 0 Å². The van der Waals surface area contributed by atoms with Gasteiger partial charge in [-0.05, 0) is 57.2 Å². The molecule has 0 aliphatic rings. The molecule has 0 spiro atoms. The topological polar surface area (TPSA) is 90.3 Å². The maximum Gasteiger partial charge on any atom is 0.338 e. The molecule has 1 aromatic heterocycles. The van der Waals surface area contributed by atoms with E-state index in [0.29, 0.717) is 34.5 Å². The van der Waals surface area contributed by atoms with Crippen molar-refractivity contribution in [3.8, 4) is 5.69 Å². The number of esters is 1. The van der Waals surface area contributed by atoms with E-state index in [1.807, 2.05) is 6.07 Å². The Hall–Kier alpha value is -3.48. The van der Waals surface area contributed by atoms with Gasteiger partial charge < -0.3 is 10.1 Å². The Balaban J connectivity index is 1.87. The van der Waals surface area contributed by atoms with Gasteiger partial charge in [0.1, 0.15) is 5.82 Å². The number of nitrogens with one attached hydrogen (secondary N) is 1. The van der Waals surface area contributed by atoms with E-state index in [0.717, 1.165) is 0 Å². The lowest BCUT2D eigenvalue weighted by Crippen LogP contribution is -2.35. The van der Waals surface area contributed by atoms with Crippen LogP contribution in [0, 0.1) is 6.92 Å². The quantitative estimate of drug-likeness (QED) is 0.688. The number of benzene rings is 2. The van der Waals surface area contributed by atoms with Crippen molar-refractivity contribution in [3.63, 3.8) is 0 Å². The van der Waals surface area contributed by atoms with Gasteiger partial charge in [-0.25, -0.2) is 9.78 Å². The number of fused-ring (bicyclic) bond motifs is 1. The van der Waals surface area contributed by atoms with Gasteiger partial charge in [0.05, 0.1) is 22.2 Å². The first-order valence-electron chi connectivity index (χ1n) is 9.00. The highest BCUT2D eigenvalue weighted by Gasteiger charge is 2.18. The SMILES string of the molecule is CCNC(=O)[C@@H](C)OC(=O)c1ccc(-n2c(C)nc3ccccc3c2=O)cc1. The summed E-state index contributed by atoms with van der Waals surface area (Å²) < 4.78 is 6.66. The summed E-state index contributed by atoms with van der Waals surface area (Å²) in [5, 5.41) is 3.12. The summed E-state index contributed by atoms with van der Waals surface area (Å²) in [6.45, 7) is 5.52. The summed E-state index contributed by atoms with van der Waals surface area (Å²) in [7, 11) is 0. The largest absolute Gasteiger partial charge is 0.449 e. The minimum atomic E-state index is -0.887. The second kappa shape index (κ2) is 8.04. The normalized spacial score (nSPS) is 11.8. The van der Waals surface area contributed by atoms with Gasteiger partial charge in [0, 0.05) is 6.54 Å². The van der Waals surface area contributed by atoms with Crippen molar-refractivity contribution >= 4 is 22.8 Å². The van der Waals surface area contributed by atoms with Gasteiger partial charge in [-0.1, -0.05) is 12.1 Å². The van der Waals surface area contributed by atoms with E-state index in [9.17, 15) is 14.4 Å². The molecule has 144 valence electrons. The summed E-state index contributed by atoms with van der Waals surface area (Å²) in [6.07, 6.45) is -0.887. The Bertz CT molecular complexity index is 1090. The van der Waals surface area contributed by atoms with Crippen LogP contribution in [-0.4, -0.2) is 34.1 Å². The molecule has 0 aliphatic heterocycles. The molecule has 7 nitrogen and oxygen atoms in total. The number of aromatic nitrogens is 2. The number of amides is 1. The van der Waals surface area contributed by atoms with E-state index in [4.69, 9.17) is 4.74 Å². The van der Waals surface area contributed by atoms with Crippen LogP contribution in [0.25, 0.3) is 16.6 Å². The average molecular weight is 379 g/mol. The predicted molar refractivity (Wildman–Crippen MR) is 106 cm³/mol. The number of hydrogen-bond acceptors (Lipinski definition) is 5. The van der Waals surface area contributed by atoms with E-state index < -0.39 is 12.1 Å². The highest BCUT2D eigenvalue weighted by Crippen LogP contribution is 2.14. The molecule has 0 saturated heterocycles. The number of ether oxygens (including phenoxy) is 1. The molecule has 1 amide bonds. The van der Waals surface area contributed by atoms with E-state index in [1.54, 1.807) is 56.3 Å². The molecule has 0 bridgehead atoms. The molecule has 28 heavy (non-hydrogen) atoms. The van der Waals surface area contributed by atoms with Crippen molar-refractivity contribution in [2.24, 2.45) is 0 Å². The zero-order valence-electron chi connectivity index (χ0n) is 15.9. The highest BCUT2D eigenvalue weighted by molar-refractivity contribution is 5.92. The number of aryl methyl sites for hydroxylation is 1. The van der Waals surface area contributed by atoms with Gasteiger partial charge in [-0.15, -0.1) is 0 Å². The summed E-state index contributed by atoms with van der Waals surface area (Å²) >= 11 is 0. The first-order chi connectivity index (χ1) is 13.4. The zero-order chi connectivity index (χ0) is 20.3. The molecule has 3 aromatic rings. The Kier molecular flexibility index (Phi) is 5.54. The molecular weight excluding hydrogens is 358 g/mol. The van der Waals surface area contributed by atoms with Crippen LogP contribution < -0.4 is 10.9 Å². The first-order valence-corrected chi connectivity index (χ1v) is 9.00. The smallest absolute Gasteiger partial charge is 0.338 e. The van der Waals surface area contributed by atoms with Crippen molar-refractivity contribution in [3.05, 3.63) is 70.3 Å².